The molecule has 76 valence electrons. The zero-order chi connectivity index (χ0) is 10.6. The molecule has 0 aliphatic carbocycles. The lowest BCUT2D eigenvalue weighted by atomic mass is 10.1. The second-order valence-corrected chi connectivity index (χ2v) is 4.92. The van der Waals surface area contributed by atoms with E-state index in [0.29, 0.717) is 6.42 Å². The Hall–Kier alpha value is -0.150. The highest BCUT2D eigenvalue weighted by atomic mass is 79.9. The van der Waals surface area contributed by atoms with Gasteiger partial charge in [-0.2, -0.15) is 0 Å². The predicted molar refractivity (Wildman–Crippen MR) is 65.7 cm³/mol. The molecule has 0 saturated carbocycles. The number of unbranched alkanes of at least 4 members (excludes halogenated alkanes) is 1. The number of hydrogen-bond acceptors (Lipinski definition) is 1. The second kappa shape index (κ2) is 5.66. The van der Waals surface area contributed by atoms with E-state index >= 15 is 0 Å². The zero-order valence-corrected chi connectivity index (χ0v) is 11.2. The summed E-state index contributed by atoms with van der Waals surface area (Å²) in [6, 6.07) is 5.65. The van der Waals surface area contributed by atoms with Crippen molar-refractivity contribution >= 4 is 37.6 Å². The topological polar surface area (TPSA) is 17.1 Å². The minimum absolute atomic E-state index is 0.214. The Bertz CT molecular complexity index is 334. The van der Waals surface area contributed by atoms with Crippen LogP contribution in [0.1, 0.15) is 36.5 Å². The summed E-state index contributed by atoms with van der Waals surface area (Å²) in [5.74, 6) is 0.214. The van der Waals surface area contributed by atoms with Crippen LogP contribution in [0.15, 0.2) is 27.1 Å². The van der Waals surface area contributed by atoms with Crippen molar-refractivity contribution in [3.8, 4) is 0 Å². The Kier molecular flexibility index (Phi) is 4.82. The van der Waals surface area contributed by atoms with Gasteiger partial charge < -0.3 is 0 Å². The predicted octanol–water partition coefficient (Wildman–Crippen LogP) is 4.58. The summed E-state index contributed by atoms with van der Waals surface area (Å²) in [7, 11) is 0. The number of Topliss-reactive ketones (excluding diaryl/α,β-unsaturated/α-hetero) is 1. The lowest BCUT2D eigenvalue weighted by Gasteiger charge is -2.03. The number of benzene rings is 1. The van der Waals surface area contributed by atoms with Gasteiger partial charge in [-0.3, -0.25) is 4.79 Å². The highest BCUT2D eigenvalue weighted by Gasteiger charge is 2.09. The van der Waals surface area contributed by atoms with Crippen molar-refractivity contribution < 1.29 is 4.79 Å². The maximum absolute atomic E-state index is 11.7. The number of ketones is 1. The molecular formula is C11H12Br2O. The molecule has 1 nitrogen and oxygen atoms in total. The number of hydrogen-bond donors (Lipinski definition) is 0. The minimum Gasteiger partial charge on any atom is -0.294 e. The van der Waals surface area contributed by atoms with Crippen LogP contribution in [0, 0.1) is 0 Å². The molecule has 1 aromatic rings. The summed E-state index contributed by atoms with van der Waals surface area (Å²) in [4.78, 5) is 11.7. The average Bonchev–Trinajstić information content (AvgIpc) is 2.14. The molecule has 1 rings (SSSR count). The van der Waals surface area contributed by atoms with E-state index in [1.165, 1.54) is 0 Å². The molecule has 1 aromatic carbocycles. The summed E-state index contributed by atoms with van der Waals surface area (Å²) in [5, 5.41) is 0. The van der Waals surface area contributed by atoms with E-state index in [-0.39, 0.29) is 5.78 Å². The summed E-state index contributed by atoms with van der Waals surface area (Å²) in [5.41, 5.74) is 0.779. The van der Waals surface area contributed by atoms with E-state index in [0.717, 1.165) is 27.4 Å². The van der Waals surface area contributed by atoms with Crippen molar-refractivity contribution in [2.24, 2.45) is 0 Å². The van der Waals surface area contributed by atoms with Gasteiger partial charge in [-0.05, 0) is 24.6 Å². The van der Waals surface area contributed by atoms with Gasteiger partial charge in [-0.25, -0.2) is 0 Å². The molecule has 14 heavy (non-hydrogen) atoms. The SMILES string of the molecule is CCCCC(=O)c1ccc(Br)cc1Br. The first-order valence-corrected chi connectivity index (χ1v) is 6.22. The van der Waals surface area contributed by atoms with Gasteiger partial charge in [-0.1, -0.05) is 45.2 Å². The Balaban J connectivity index is 2.80. The van der Waals surface area contributed by atoms with Crippen LogP contribution in [0.2, 0.25) is 0 Å². The molecule has 0 aliphatic heterocycles. The normalized spacial score (nSPS) is 10.2. The Morgan fingerprint density at radius 2 is 2.07 bits per heavy atom. The Morgan fingerprint density at radius 1 is 1.36 bits per heavy atom. The van der Waals surface area contributed by atoms with Gasteiger partial charge in [0.2, 0.25) is 0 Å². The number of carbonyl (C=O) groups is 1. The summed E-state index contributed by atoms with van der Waals surface area (Å²) >= 11 is 6.75. The van der Waals surface area contributed by atoms with Crippen molar-refractivity contribution in [1.82, 2.24) is 0 Å². The Labute approximate surface area is 101 Å². The van der Waals surface area contributed by atoms with Crippen LogP contribution in [-0.2, 0) is 0 Å². The smallest absolute Gasteiger partial charge is 0.164 e. The second-order valence-electron chi connectivity index (χ2n) is 3.15. The van der Waals surface area contributed by atoms with E-state index in [1.807, 2.05) is 18.2 Å². The number of carbonyl (C=O) groups excluding carboxylic acids is 1. The van der Waals surface area contributed by atoms with Gasteiger partial charge in [0, 0.05) is 20.9 Å². The third kappa shape index (κ3) is 3.21. The van der Waals surface area contributed by atoms with Crippen LogP contribution in [0.25, 0.3) is 0 Å². The van der Waals surface area contributed by atoms with Gasteiger partial charge in [0.1, 0.15) is 0 Å². The highest BCUT2D eigenvalue weighted by molar-refractivity contribution is 9.11. The van der Waals surface area contributed by atoms with E-state index in [1.54, 1.807) is 0 Å². The van der Waals surface area contributed by atoms with E-state index in [9.17, 15) is 4.79 Å². The first kappa shape index (κ1) is 11.9. The number of rotatable bonds is 4. The minimum atomic E-state index is 0.214. The van der Waals surface area contributed by atoms with Gasteiger partial charge >= 0.3 is 0 Å². The molecule has 0 aliphatic rings. The fraction of sp³-hybridized carbons (Fsp3) is 0.364. The van der Waals surface area contributed by atoms with Crippen molar-refractivity contribution in [3.63, 3.8) is 0 Å². The van der Waals surface area contributed by atoms with Crippen LogP contribution in [-0.4, -0.2) is 5.78 Å². The standard InChI is InChI=1S/C11H12Br2O/c1-2-3-4-11(14)9-6-5-8(12)7-10(9)13/h5-7H,2-4H2,1H3. The van der Waals surface area contributed by atoms with Gasteiger partial charge in [-0.15, -0.1) is 0 Å². The lowest BCUT2D eigenvalue weighted by molar-refractivity contribution is 0.0979. The lowest BCUT2D eigenvalue weighted by Crippen LogP contribution is -1.99. The molecule has 0 radical (unpaired) electrons. The molecule has 0 N–H and O–H groups in total. The van der Waals surface area contributed by atoms with Crippen LogP contribution in [0.4, 0.5) is 0 Å². The van der Waals surface area contributed by atoms with E-state index < -0.39 is 0 Å². The van der Waals surface area contributed by atoms with Crippen LogP contribution < -0.4 is 0 Å². The van der Waals surface area contributed by atoms with Crippen LogP contribution >= 0.6 is 31.9 Å². The maximum Gasteiger partial charge on any atom is 0.164 e. The van der Waals surface area contributed by atoms with Crippen LogP contribution in [0.5, 0.6) is 0 Å². The first-order chi connectivity index (χ1) is 6.65. The molecule has 0 atom stereocenters. The molecule has 0 amide bonds. The third-order valence-corrected chi connectivity index (χ3v) is 3.14. The first-order valence-electron chi connectivity index (χ1n) is 4.63. The summed E-state index contributed by atoms with van der Waals surface area (Å²) in [6.45, 7) is 2.09. The Morgan fingerprint density at radius 3 is 2.64 bits per heavy atom. The van der Waals surface area contributed by atoms with E-state index in [4.69, 9.17) is 0 Å². The van der Waals surface area contributed by atoms with Gasteiger partial charge in [0.15, 0.2) is 5.78 Å². The molecule has 0 saturated heterocycles. The van der Waals surface area contributed by atoms with Crippen molar-refractivity contribution in [2.45, 2.75) is 26.2 Å². The molecular weight excluding hydrogens is 308 g/mol. The quantitative estimate of drug-likeness (QED) is 0.742. The molecule has 0 heterocycles. The molecule has 0 unspecified atom stereocenters. The molecule has 3 heteroatoms. The highest BCUT2D eigenvalue weighted by Crippen LogP contribution is 2.23. The van der Waals surface area contributed by atoms with Gasteiger partial charge in [0.05, 0.1) is 0 Å². The molecule has 0 bridgehead atoms. The third-order valence-electron chi connectivity index (χ3n) is 1.99. The largest absolute Gasteiger partial charge is 0.294 e. The number of halogens is 2. The van der Waals surface area contributed by atoms with Crippen LogP contribution in [0.3, 0.4) is 0 Å². The molecule has 0 spiro atoms. The van der Waals surface area contributed by atoms with E-state index in [2.05, 4.69) is 38.8 Å². The van der Waals surface area contributed by atoms with Crippen molar-refractivity contribution in [1.29, 1.82) is 0 Å². The fourth-order valence-corrected chi connectivity index (χ4v) is 2.46. The molecule has 0 fully saturated rings. The summed E-state index contributed by atoms with van der Waals surface area (Å²) in [6.07, 6.45) is 2.65. The summed E-state index contributed by atoms with van der Waals surface area (Å²) < 4.78 is 1.85. The van der Waals surface area contributed by atoms with Gasteiger partial charge in [0.25, 0.3) is 0 Å². The monoisotopic (exact) mass is 318 g/mol. The fourth-order valence-electron chi connectivity index (χ4n) is 1.19. The average molecular weight is 320 g/mol. The van der Waals surface area contributed by atoms with Crippen molar-refractivity contribution in [2.75, 3.05) is 0 Å². The molecule has 0 aromatic heterocycles. The zero-order valence-electron chi connectivity index (χ0n) is 8.02. The maximum atomic E-state index is 11.7. The van der Waals surface area contributed by atoms with Crippen molar-refractivity contribution in [3.05, 3.63) is 32.7 Å².